The number of likely N-dealkylation sites (tertiary alicyclic amines) is 1. The summed E-state index contributed by atoms with van der Waals surface area (Å²) in [5, 5.41) is 0. The number of rotatable bonds is 4. The minimum absolute atomic E-state index is 0.121. The fraction of sp³-hybridized carbons (Fsp3) is 0.600. The molecular weight excluding hydrogens is 258 g/mol. The lowest BCUT2D eigenvalue weighted by Crippen LogP contribution is -2.34. The average molecular weight is 288 g/mol. The molecular formula is C15H23NO2S. The van der Waals surface area contributed by atoms with E-state index in [0.29, 0.717) is 12.8 Å². The lowest BCUT2D eigenvalue weighted by atomic mass is 9.90. The van der Waals surface area contributed by atoms with E-state index in [1.54, 1.807) is 18.2 Å². The summed E-state index contributed by atoms with van der Waals surface area (Å²) in [5.74, 6) is -0.201. The summed E-state index contributed by atoms with van der Waals surface area (Å²) in [6.45, 7) is -5.41. The highest BCUT2D eigenvalue weighted by molar-refractivity contribution is 7.90. The van der Waals surface area contributed by atoms with Gasteiger partial charge in [0.15, 0.2) is 9.84 Å². The molecule has 0 aliphatic carbocycles. The monoisotopic (exact) mass is 288 g/mol. The van der Waals surface area contributed by atoms with Crippen LogP contribution in [0.4, 0.5) is 0 Å². The summed E-state index contributed by atoms with van der Waals surface area (Å²) in [5.41, 5.74) is 0.725. The summed E-state index contributed by atoms with van der Waals surface area (Å²) in [6.07, 6.45) is -0.666. The number of nitrogens with zero attached hydrogens (tertiary/aromatic N) is 1. The molecule has 2 rings (SSSR count). The van der Waals surface area contributed by atoms with Gasteiger partial charge in [0.25, 0.3) is 0 Å². The maximum absolute atomic E-state index is 11.8. The maximum Gasteiger partial charge on any atom is 0.175 e. The van der Waals surface area contributed by atoms with E-state index in [1.807, 2.05) is 0 Å². The highest BCUT2D eigenvalue weighted by Gasteiger charge is 2.21. The Kier molecular flexibility index (Phi) is 2.48. The molecule has 3 nitrogen and oxygen atoms in total. The van der Waals surface area contributed by atoms with Crippen molar-refractivity contribution in [2.24, 2.45) is 0 Å². The topological polar surface area (TPSA) is 37.4 Å². The molecule has 4 heteroatoms. The molecule has 1 atom stereocenters. The number of hydrogen-bond acceptors (Lipinski definition) is 3. The van der Waals surface area contributed by atoms with Gasteiger partial charge in [-0.1, -0.05) is 19.0 Å². The van der Waals surface area contributed by atoms with Gasteiger partial charge in [-0.2, -0.15) is 0 Å². The Morgan fingerprint density at radius 3 is 3.11 bits per heavy atom. The van der Waals surface area contributed by atoms with Crippen molar-refractivity contribution in [3.63, 3.8) is 0 Å². The Balaban J connectivity index is 2.30. The second-order valence-electron chi connectivity index (χ2n) is 4.87. The van der Waals surface area contributed by atoms with Crippen LogP contribution in [0.25, 0.3) is 0 Å². The van der Waals surface area contributed by atoms with Crippen LogP contribution >= 0.6 is 0 Å². The zero-order chi connectivity index (χ0) is 20.0. The second kappa shape index (κ2) is 6.06. The zero-order valence-corrected chi connectivity index (χ0v) is 11.7. The van der Waals surface area contributed by atoms with Gasteiger partial charge >= 0.3 is 0 Å². The summed E-state index contributed by atoms with van der Waals surface area (Å²) >= 11 is 0. The molecule has 1 aromatic carbocycles. The summed E-state index contributed by atoms with van der Waals surface area (Å²) in [6, 6.07) is 6.43. The van der Waals surface area contributed by atoms with E-state index in [2.05, 4.69) is 0 Å². The van der Waals surface area contributed by atoms with Crippen LogP contribution in [0.5, 0.6) is 0 Å². The van der Waals surface area contributed by atoms with E-state index >= 15 is 0 Å². The zero-order valence-electron chi connectivity index (χ0n) is 17.9. The first-order valence-electron chi connectivity index (χ1n) is 9.73. The Morgan fingerprint density at radius 2 is 2.37 bits per heavy atom. The van der Waals surface area contributed by atoms with E-state index in [0.717, 1.165) is 11.8 Å². The molecule has 0 bridgehead atoms. The minimum atomic E-state index is -3.37. The lowest BCUT2D eigenvalue weighted by molar-refractivity contribution is 0.208. The molecule has 106 valence electrons. The lowest BCUT2D eigenvalue weighted by Gasteiger charge is -2.32. The molecule has 1 heterocycles. The van der Waals surface area contributed by atoms with Crippen molar-refractivity contribution in [1.29, 1.82) is 0 Å². The summed E-state index contributed by atoms with van der Waals surface area (Å²) in [7, 11) is -3.37. The molecule has 0 saturated carbocycles. The molecule has 1 aromatic rings. The highest BCUT2D eigenvalue weighted by atomic mass is 32.2. The van der Waals surface area contributed by atoms with Crippen LogP contribution in [0.15, 0.2) is 29.2 Å². The van der Waals surface area contributed by atoms with E-state index < -0.39 is 29.6 Å². The van der Waals surface area contributed by atoms with Crippen LogP contribution in [0, 0.1) is 0 Å². The predicted molar refractivity (Wildman–Crippen MR) is 78.3 cm³/mol. The molecule has 19 heavy (non-hydrogen) atoms. The molecule has 0 radical (unpaired) electrons. The average Bonchev–Trinajstić information content (AvgIpc) is 2.53. The molecule has 1 aliphatic heterocycles. The van der Waals surface area contributed by atoms with Crippen molar-refractivity contribution in [2.45, 2.75) is 36.9 Å². The number of sulfone groups is 1. The Labute approximate surface area is 126 Å². The standard InChI is InChI=1S/C15H23NO2S/c1-3-9-16-10-5-7-14(12-16)13-6-4-8-15(11-13)19(2,17)18/h4,6,8,11,14H,3,5,7,9-10,12H2,1-2H3/t14-/m1/s1/i1D3,3D2,9D2. The van der Waals surface area contributed by atoms with Gasteiger partial charge in [-0.3, -0.25) is 0 Å². The Hall–Kier alpha value is -0.870. The first kappa shape index (κ1) is 7.79. The Morgan fingerprint density at radius 1 is 1.53 bits per heavy atom. The van der Waals surface area contributed by atoms with Crippen molar-refractivity contribution >= 4 is 9.84 Å². The van der Waals surface area contributed by atoms with E-state index in [9.17, 15) is 8.42 Å². The minimum Gasteiger partial charge on any atom is -0.303 e. The number of hydrogen-bond donors (Lipinski definition) is 0. The SMILES string of the molecule is [2H]C([2H])([2H])C([2H])([2H])C([2H])([2H])N1CCC[C@@H](c2cccc(S(C)(=O)=O)c2)C1. The fourth-order valence-electron chi connectivity index (χ4n) is 2.43. The molecule has 1 fully saturated rings. The summed E-state index contributed by atoms with van der Waals surface area (Å²) < 4.78 is 77.4. The predicted octanol–water partition coefficient (Wildman–Crippen LogP) is 2.68. The molecule has 0 spiro atoms. The van der Waals surface area contributed by atoms with Crippen molar-refractivity contribution in [3.8, 4) is 0 Å². The molecule has 1 aliphatic rings. The van der Waals surface area contributed by atoms with Gasteiger partial charge in [0.1, 0.15) is 0 Å². The quantitative estimate of drug-likeness (QED) is 0.855. The van der Waals surface area contributed by atoms with Gasteiger partial charge < -0.3 is 4.90 Å². The van der Waals surface area contributed by atoms with Crippen molar-refractivity contribution in [1.82, 2.24) is 4.90 Å². The Bertz CT molecular complexity index is 762. The van der Waals surface area contributed by atoms with Crippen LogP contribution in [-0.2, 0) is 9.84 Å². The van der Waals surface area contributed by atoms with E-state index in [1.165, 1.54) is 11.0 Å². The van der Waals surface area contributed by atoms with Gasteiger partial charge in [-0.15, -0.1) is 0 Å². The van der Waals surface area contributed by atoms with Crippen molar-refractivity contribution in [3.05, 3.63) is 29.8 Å². The highest BCUT2D eigenvalue weighted by Crippen LogP contribution is 2.28. The third kappa shape index (κ3) is 3.80. The fourth-order valence-corrected chi connectivity index (χ4v) is 3.10. The molecule has 0 N–H and O–H groups in total. The third-order valence-electron chi connectivity index (χ3n) is 3.39. The van der Waals surface area contributed by atoms with Crippen molar-refractivity contribution in [2.75, 3.05) is 25.8 Å². The van der Waals surface area contributed by atoms with Gasteiger partial charge in [0.05, 0.1) is 4.90 Å². The molecule has 1 saturated heterocycles. The van der Waals surface area contributed by atoms with Crippen LogP contribution in [0.2, 0.25) is 0 Å². The maximum atomic E-state index is 11.8. The second-order valence-corrected chi connectivity index (χ2v) is 6.88. The van der Waals surface area contributed by atoms with Gasteiger partial charge in [-0.25, -0.2) is 8.42 Å². The van der Waals surface area contributed by atoms with Gasteiger partial charge in [0.2, 0.25) is 0 Å². The molecule has 0 amide bonds. The van der Waals surface area contributed by atoms with Crippen LogP contribution < -0.4 is 0 Å². The van der Waals surface area contributed by atoms with Gasteiger partial charge in [-0.05, 0) is 55.9 Å². The van der Waals surface area contributed by atoms with Crippen LogP contribution in [-0.4, -0.2) is 39.2 Å². The largest absolute Gasteiger partial charge is 0.303 e. The van der Waals surface area contributed by atoms with Crippen LogP contribution in [0.1, 0.15) is 47.1 Å². The number of benzene rings is 1. The van der Waals surface area contributed by atoms with Crippen LogP contribution in [0.3, 0.4) is 0 Å². The normalized spacial score (nSPS) is 29.1. The first-order valence-corrected chi connectivity index (χ1v) is 8.12. The molecule has 0 aromatic heterocycles. The third-order valence-corrected chi connectivity index (χ3v) is 4.50. The first-order chi connectivity index (χ1) is 11.7. The van der Waals surface area contributed by atoms with E-state index in [-0.39, 0.29) is 23.9 Å². The smallest absolute Gasteiger partial charge is 0.175 e. The number of piperidine rings is 1. The van der Waals surface area contributed by atoms with E-state index in [4.69, 9.17) is 9.60 Å². The van der Waals surface area contributed by atoms with Gasteiger partial charge in [0, 0.05) is 22.4 Å². The molecule has 0 unspecified atom stereocenters. The summed E-state index contributed by atoms with van der Waals surface area (Å²) in [4.78, 5) is 1.40. The van der Waals surface area contributed by atoms with Crippen molar-refractivity contribution < 1.29 is 18.0 Å².